The van der Waals surface area contributed by atoms with Gasteiger partial charge in [0.05, 0.1) is 14.2 Å². The first kappa shape index (κ1) is 10.8. The molecule has 0 unspecified atom stereocenters. The molecule has 16 heavy (non-hydrogen) atoms. The number of carbonyl (C=O) groups excluding carboxylic acids is 1. The highest BCUT2D eigenvalue weighted by Crippen LogP contribution is 2.28. The quantitative estimate of drug-likeness (QED) is 0.770. The van der Waals surface area contributed by atoms with Crippen LogP contribution in [0.1, 0.15) is 12.0 Å². The standard InChI is InChI=1S/C12H15NO3/c1-15-9-4-6-10-8(7-9)3-5-11(13-10)12(14)16-2/h4,6-7,11,13H,3,5H2,1-2H3/t11-/m0/s1. The molecule has 0 saturated carbocycles. The van der Waals surface area contributed by atoms with E-state index in [1.54, 1.807) is 7.11 Å². The van der Waals surface area contributed by atoms with Gasteiger partial charge in [-0.15, -0.1) is 0 Å². The van der Waals surface area contributed by atoms with Crippen LogP contribution in [-0.2, 0) is 16.0 Å². The maximum Gasteiger partial charge on any atom is 0.328 e. The number of nitrogens with one attached hydrogen (secondary N) is 1. The van der Waals surface area contributed by atoms with Gasteiger partial charge in [-0.3, -0.25) is 0 Å². The highest BCUT2D eigenvalue weighted by atomic mass is 16.5. The Hall–Kier alpha value is -1.71. The van der Waals surface area contributed by atoms with Crippen molar-refractivity contribution in [3.63, 3.8) is 0 Å². The van der Waals surface area contributed by atoms with Gasteiger partial charge in [-0.1, -0.05) is 0 Å². The van der Waals surface area contributed by atoms with E-state index in [4.69, 9.17) is 9.47 Å². The largest absolute Gasteiger partial charge is 0.497 e. The smallest absolute Gasteiger partial charge is 0.328 e. The Morgan fingerprint density at radius 2 is 2.25 bits per heavy atom. The SMILES string of the molecule is COC(=O)[C@@H]1CCc2cc(OC)ccc2N1. The number of aryl methyl sites for hydroxylation is 1. The van der Waals surface area contributed by atoms with Crippen molar-refractivity contribution in [1.29, 1.82) is 0 Å². The lowest BCUT2D eigenvalue weighted by molar-refractivity contribution is -0.141. The third-order valence-corrected chi connectivity index (χ3v) is 2.83. The molecule has 0 bridgehead atoms. The van der Waals surface area contributed by atoms with Crippen LogP contribution in [0.4, 0.5) is 5.69 Å². The number of ether oxygens (including phenoxy) is 2. The van der Waals surface area contributed by atoms with E-state index in [9.17, 15) is 4.79 Å². The van der Waals surface area contributed by atoms with Gasteiger partial charge in [0.1, 0.15) is 11.8 Å². The van der Waals surface area contributed by atoms with E-state index in [0.29, 0.717) is 0 Å². The number of hydrogen-bond acceptors (Lipinski definition) is 4. The van der Waals surface area contributed by atoms with Crippen LogP contribution < -0.4 is 10.1 Å². The minimum Gasteiger partial charge on any atom is -0.497 e. The van der Waals surface area contributed by atoms with Gasteiger partial charge in [0, 0.05) is 5.69 Å². The van der Waals surface area contributed by atoms with Crippen LogP contribution in [-0.4, -0.2) is 26.2 Å². The topological polar surface area (TPSA) is 47.6 Å². The second-order valence-electron chi connectivity index (χ2n) is 3.78. The molecule has 2 rings (SSSR count). The Balaban J connectivity index is 2.18. The fourth-order valence-electron chi connectivity index (χ4n) is 1.92. The van der Waals surface area contributed by atoms with Gasteiger partial charge in [-0.2, -0.15) is 0 Å². The Morgan fingerprint density at radius 3 is 2.94 bits per heavy atom. The minimum atomic E-state index is -0.231. The van der Waals surface area contributed by atoms with Crippen molar-refractivity contribution in [3.05, 3.63) is 23.8 Å². The maximum absolute atomic E-state index is 11.4. The van der Waals surface area contributed by atoms with Crippen molar-refractivity contribution >= 4 is 11.7 Å². The molecular formula is C12H15NO3. The molecule has 0 aromatic heterocycles. The normalized spacial score (nSPS) is 18.2. The van der Waals surface area contributed by atoms with E-state index in [2.05, 4.69) is 5.32 Å². The Kier molecular flexibility index (Phi) is 2.99. The van der Waals surface area contributed by atoms with Gasteiger partial charge < -0.3 is 14.8 Å². The molecule has 1 atom stereocenters. The van der Waals surface area contributed by atoms with Gasteiger partial charge in [0.15, 0.2) is 0 Å². The molecule has 0 spiro atoms. The number of benzene rings is 1. The van der Waals surface area contributed by atoms with Crippen molar-refractivity contribution in [2.24, 2.45) is 0 Å². The molecule has 86 valence electrons. The summed E-state index contributed by atoms with van der Waals surface area (Å²) in [6.45, 7) is 0. The van der Waals surface area contributed by atoms with Crippen molar-refractivity contribution in [3.8, 4) is 5.75 Å². The molecule has 4 nitrogen and oxygen atoms in total. The number of fused-ring (bicyclic) bond motifs is 1. The van der Waals surface area contributed by atoms with Crippen molar-refractivity contribution < 1.29 is 14.3 Å². The zero-order chi connectivity index (χ0) is 11.5. The van der Waals surface area contributed by atoms with E-state index < -0.39 is 0 Å². The van der Waals surface area contributed by atoms with Crippen molar-refractivity contribution in [2.75, 3.05) is 19.5 Å². The predicted octanol–water partition coefficient (Wildman–Crippen LogP) is 1.59. The molecular weight excluding hydrogens is 206 g/mol. The van der Waals surface area contributed by atoms with Crippen LogP contribution in [0.2, 0.25) is 0 Å². The number of methoxy groups -OCH3 is 2. The monoisotopic (exact) mass is 221 g/mol. The number of carbonyl (C=O) groups is 1. The second-order valence-corrected chi connectivity index (χ2v) is 3.78. The zero-order valence-electron chi connectivity index (χ0n) is 9.45. The Bertz CT molecular complexity index is 403. The summed E-state index contributed by atoms with van der Waals surface area (Å²) in [6.07, 6.45) is 1.62. The molecule has 1 heterocycles. The van der Waals surface area contributed by atoms with Crippen LogP contribution in [0.3, 0.4) is 0 Å². The fraction of sp³-hybridized carbons (Fsp3) is 0.417. The van der Waals surface area contributed by atoms with Gasteiger partial charge in [-0.05, 0) is 36.6 Å². The minimum absolute atomic E-state index is 0.207. The van der Waals surface area contributed by atoms with E-state index in [1.165, 1.54) is 12.7 Å². The first-order chi connectivity index (χ1) is 7.74. The molecule has 1 aliphatic heterocycles. The lowest BCUT2D eigenvalue weighted by atomic mass is 9.98. The first-order valence-corrected chi connectivity index (χ1v) is 5.26. The molecule has 4 heteroatoms. The van der Waals surface area contributed by atoms with Crippen LogP contribution in [0.5, 0.6) is 5.75 Å². The predicted molar refractivity (Wildman–Crippen MR) is 60.7 cm³/mol. The summed E-state index contributed by atoms with van der Waals surface area (Å²) in [6, 6.07) is 5.58. The van der Waals surface area contributed by atoms with Gasteiger partial charge >= 0.3 is 5.97 Å². The zero-order valence-corrected chi connectivity index (χ0v) is 9.45. The Labute approximate surface area is 94.6 Å². The molecule has 0 aliphatic carbocycles. The van der Waals surface area contributed by atoms with Crippen molar-refractivity contribution in [1.82, 2.24) is 0 Å². The average molecular weight is 221 g/mol. The van der Waals surface area contributed by atoms with E-state index in [-0.39, 0.29) is 12.0 Å². The van der Waals surface area contributed by atoms with Crippen LogP contribution >= 0.6 is 0 Å². The van der Waals surface area contributed by atoms with Crippen LogP contribution in [0, 0.1) is 0 Å². The fourth-order valence-corrected chi connectivity index (χ4v) is 1.92. The summed E-state index contributed by atoms with van der Waals surface area (Å²) in [5.41, 5.74) is 2.17. The molecule has 0 radical (unpaired) electrons. The molecule has 0 amide bonds. The molecule has 1 aromatic carbocycles. The van der Waals surface area contributed by atoms with Gasteiger partial charge in [0.25, 0.3) is 0 Å². The third-order valence-electron chi connectivity index (χ3n) is 2.83. The van der Waals surface area contributed by atoms with E-state index in [1.807, 2.05) is 18.2 Å². The van der Waals surface area contributed by atoms with Gasteiger partial charge in [0.2, 0.25) is 0 Å². The van der Waals surface area contributed by atoms with E-state index in [0.717, 1.165) is 24.3 Å². The maximum atomic E-state index is 11.4. The summed E-state index contributed by atoms with van der Waals surface area (Å²) < 4.78 is 9.88. The first-order valence-electron chi connectivity index (χ1n) is 5.26. The summed E-state index contributed by atoms with van der Waals surface area (Å²) in [7, 11) is 3.06. The Morgan fingerprint density at radius 1 is 1.44 bits per heavy atom. The average Bonchev–Trinajstić information content (AvgIpc) is 2.36. The highest BCUT2D eigenvalue weighted by molar-refractivity contribution is 5.80. The summed E-state index contributed by atoms with van der Waals surface area (Å²) in [4.78, 5) is 11.4. The second kappa shape index (κ2) is 4.43. The molecule has 1 aromatic rings. The van der Waals surface area contributed by atoms with Crippen LogP contribution in [0.25, 0.3) is 0 Å². The molecule has 0 fully saturated rings. The third kappa shape index (κ3) is 1.96. The number of anilines is 1. The van der Waals surface area contributed by atoms with E-state index >= 15 is 0 Å². The van der Waals surface area contributed by atoms with Gasteiger partial charge in [-0.25, -0.2) is 4.79 Å². The number of esters is 1. The number of rotatable bonds is 2. The summed E-state index contributed by atoms with van der Waals surface area (Å²) in [5, 5.41) is 3.17. The van der Waals surface area contributed by atoms with Crippen molar-refractivity contribution in [2.45, 2.75) is 18.9 Å². The summed E-state index contributed by atoms with van der Waals surface area (Å²) >= 11 is 0. The lowest BCUT2D eigenvalue weighted by Gasteiger charge is -2.25. The highest BCUT2D eigenvalue weighted by Gasteiger charge is 2.24. The molecule has 1 aliphatic rings. The molecule has 1 N–H and O–H groups in total. The molecule has 0 saturated heterocycles. The van der Waals surface area contributed by atoms with Crippen LogP contribution in [0.15, 0.2) is 18.2 Å². The lowest BCUT2D eigenvalue weighted by Crippen LogP contribution is -2.34. The number of hydrogen-bond donors (Lipinski definition) is 1. The summed E-state index contributed by atoms with van der Waals surface area (Å²) in [5.74, 6) is 0.638.